The number of hydrogen-bond acceptors (Lipinski definition) is 4. The third kappa shape index (κ3) is 9.59. The number of carbonyl (C=O) groups excluding carboxylic acids is 2. The summed E-state index contributed by atoms with van der Waals surface area (Å²) in [5, 5.41) is 0. The summed E-state index contributed by atoms with van der Waals surface area (Å²) in [4.78, 5) is 24.9. The van der Waals surface area contributed by atoms with E-state index >= 15 is 0 Å². The standard InChI is InChI=1S/C22H42O4/c1-5-9-11-12-13-14-15-16-17-19-26-21(24)22(7-3,8-4)20(23)25-18-10-6-2/h5-19H2,1-4H3. The number of carbonyl (C=O) groups is 2. The van der Waals surface area contributed by atoms with Crippen molar-refractivity contribution in [2.45, 2.75) is 111 Å². The molecule has 0 N–H and O–H groups in total. The monoisotopic (exact) mass is 370 g/mol. The lowest BCUT2D eigenvalue weighted by Gasteiger charge is -2.26. The van der Waals surface area contributed by atoms with E-state index in [0.717, 1.165) is 25.7 Å². The summed E-state index contributed by atoms with van der Waals surface area (Å²) < 4.78 is 10.7. The summed E-state index contributed by atoms with van der Waals surface area (Å²) >= 11 is 0. The van der Waals surface area contributed by atoms with E-state index < -0.39 is 17.4 Å². The molecule has 0 aromatic carbocycles. The van der Waals surface area contributed by atoms with E-state index in [0.29, 0.717) is 26.1 Å². The number of unbranched alkanes of at least 4 members (excludes halogenated alkanes) is 9. The third-order valence-corrected chi connectivity index (χ3v) is 5.20. The minimum atomic E-state index is -1.13. The third-order valence-electron chi connectivity index (χ3n) is 5.20. The molecule has 0 aromatic heterocycles. The maximum atomic E-state index is 12.5. The number of esters is 2. The highest BCUT2D eigenvalue weighted by Gasteiger charge is 2.45. The Morgan fingerprint density at radius 1 is 0.577 bits per heavy atom. The molecule has 0 unspecified atom stereocenters. The number of hydrogen-bond donors (Lipinski definition) is 0. The summed E-state index contributed by atoms with van der Waals surface area (Å²) in [6.07, 6.45) is 13.6. The molecule has 0 atom stereocenters. The molecule has 0 aromatic rings. The molecule has 0 saturated heterocycles. The fraction of sp³-hybridized carbons (Fsp3) is 0.909. The Hall–Kier alpha value is -1.06. The van der Waals surface area contributed by atoms with Gasteiger partial charge in [0.2, 0.25) is 0 Å². The fourth-order valence-corrected chi connectivity index (χ4v) is 3.07. The van der Waals surface area contributed by atoms with Gasteiger partial charge in [0.15, 0.2) is 5.41 Å². The van der Waals surface area contributed by atoms with Crippen molar-refractivity contribution in [3.63, 3.8) is 0 Å². The van der Waals surface area contributed by atoms with Crippen LogP contribution in [0.25, 0.3) is 0 Å². The predicted molar refractivity (Wildman–Crippen MR) is 107 cm³/mol. The van der Waals surface area contributed by atoms with Crippen LogP contribution in [0.15, 0.2) is 0 Å². The molecule has 0 spiro atoms. The first-order valence-electron chi connectivity index (χ1n) is 10.9. The van der Waals surface area contributed by atoms with Gasteiger partial charge >= 0.3 is 11.9 Å². The van der Waals surface area contributed by atoms with E-state index in [1.807, 2.05) is 20.8 Å². The average Bonchev–Trinajstić information content (AvgIpc) is 2.65. The molecule has 0 aliphatic heterocycles. The van der Waals surface area contributed by atoms with Crippen molar-refractivity contribution >= 4 is 11.9 Å². The molecule has 4 nitrogen and oxygen atoms in total. The summed E-state index contributed by atoms with van der Waals surface area (Å²) in [7, 11) is 0. The van der Waals surface area contributed by atoms with Crippen molar-refractivity contribution in [2.24, 2.45) is 5.41 Å². The molecule has 0 rings (SSSR count). The van der Waals surface area contributed by atoms with E-state index in [-0.39, 0.29) is 0 Å². The smallest absolute Gasteiger partial charge is 0.323 e. The van der Waals surface area contributed by atoms with Crippen LogP contribution in [0.1, 0.15) is 111 Å². The maximum absolute atomic E-state index is 12.5. The van der Waals surface area contributed by atoms with Gasteiger partial charge in [-0.05, 0) is 25.7 Å². The summed E-state index contributed by atoms with van der Waals surface area (Å²) in [6.45, 7) is 8.76. The SMILES string of the molecule is CCCCCCCCCCCOC(=O)C(CC)(CC)C(=O)OCCCC. The molecule has 0 fully saturated rings. The molecule has 0 radical (unpaired) electrons. The highest BCUT2D eigenvalue weighted by molar-refractivity contribution is 5.99. The Balaban J connectivity index is 4.06. The molecular formula is C22H42O4. The van der Waals surface area contributed by atoms with E-state index in [9.17, 15) is 9.59 Å². The van der Waals surface area contributed by atoms with Crippen LogP contribution in [0.4, 0.5) is 0 Å². The van der Waals surface area contributed by atoms with Gasteiger partial charge in [-0.15, -0.1) is 0 Å². The van der Waals surface area contributed by atoms with Gasteiger partial charge in [-0.25, -0.2) is 0 Å². The lowest BCUT2D eigenvalue weighted by Crippen LogP contribution is -2.41. The Kier molecular flexibility index (Phi) is 15.5. The molecule has 154 valence electrons. The second-order valence-electron chi connectivity index (χ2n) is 7.24. The average molecular weight is 371 g/mol. The zero-order valence-corrected chi connectivity index (χ0v) is 17.7. The summed E-state index contributed by atoms with van der Waals surface area (Å²) in [5.74, 6) is -0.836. The van der Waals surface area contributed by atoms with Crippen molar-refractivity contribution in [1.82, 2.24) is 0 Å². The summed E-state index contributed by atoms with van der Waals surface area (Å²) in [6, 6.07) is 0. The maximum Gasteiger partial charge on any atom is 0.323 e. The molecule has 0 aliphatic carbocycles. The van der Waals surface area contributed by atoms with Gasteiger partial charge in [-0.1, -0.05) is 85.5 Å². The van der Waals surface area contributed by atoms with Gasteiger partial charge in [-0.3, -0.25) is 9.59 Å². The highest BCUT2D eigenvalue weighted by atomic mass is 16.6. The van der Waals surface area contributed by atoms with E-state index in [4.69, 9.17) is 9.47 Å². The first-order chi connectivity index (χ1) is 12.6. The van der Waals surface area contributed by atoms with E-state index in [2.05, 4.69) is 6.92 Å². The highest BCUT2D eigenvalue weighted by Crippen LogP contribution is 2.30. The normalized spacial score (nSPS) is 11.4. The van der Waals surface area contributed by atoms with Gasteiger partial charge in [-0.2, -0.15) is 0 Å². The second kappa shape index (κ2) is 16.1. The van der Waals surface area contributed by atoms with Crippen molar-refractivity contribution in [3.05, 3.63) is 0 Å². The largest absolute Gasteiger partial charge is 0.465 e. The van der Waals surface area contributed by atoms with Crippen LogP contribution >= 0.6 is 0 Å². The Labute approximate surface area is 161 Å². The van der Waals surface area contributed by atoms with Gasteiger partial charge in [0.1, 0.15) is 0 Å². The van der Waals surface area contributed by atoms with Gasteiger partial charge in [0.25, 0.3) is 0 Å². The molecule has 0 amide bonds. The Morgan fingerprint density at radius 2 is 0.962 bits per heavy atom. The quantitative estimate of drug-likeness (QED) is 0.173. The van der Waals surface area contributed by atoms with Crippen molar-refractivity contribution < 1.29 is 19.1 Å². The first kappa shape index (κ1) is 24.9. The van der Waals surface area contributed by atoms with Gasteiger partial charge < -0.3 is 9.47 Å². The number of rotatable bonds is 17. The van der Waals surface area contributed by atoms with Crippen LogP contribution in [0, 0.1) is 5.41 Å². The van der Waals surface area contributed by atoms with Crippen LogP contribution in [0.5, 0.6) is 0 Å². The Morgan fingerprint density at radius 3 is 1.38 bits per heavy atom. The van der Waals surface area contributed by atoms with Crippen LogP contribution in [0.3, 0.4) is 0 Å². The minimum absolute atomic E-state index is 0.378. The van der Waals surface area contributed by atoms with Crippen molar-refractivity contribution in [2.75, 3.05) is 13.2 Å². The van der Waals surface area contributed by atoms with Crippen molar-refractivity contribution in [3.8, 4) is 0 Å². The van der Waals surface area contributed by atoms with E-state index in [1.165, 1.54) is 44.9 Å². The zero-order chi connectivity index (χ0) is 19.7. The van der Waals surface area contributed by atoms with E-state index in [1.54, 1.807) is 0 Å². The minimum Gasteiger partial charge on any atom is -0.465 e. The van der Waals surface area contributed by atoms with Crippen molar-refractivity contribution in [1.29, 1.82) is 0 Å². The lowest BCUT2D eigenvalue weighted by molar-refractivity contribution is -0.173. The lowest BCUT2D eigenvalue weighted by atomic mass is 9.82. The van der Waals surface area contributed by atoms with Crippen LogP contribution in [-0.2, 0) is 19.1 Å². The van der Waals surface area contributed by atoms with Gasteiger partial charge in [0, 0.05) is 0 Å². The molecular weight excluding hydrogens is 328 g/mol. The van der Waals surface area contributed by atoms with Gasteiger partial charge in [0.05, 0.1) is 13.2 Å². The first-order valence-corrected chi connectivity index (χ1v) is 10.9. The zero-order valence-electron chi connectivity index (χ0n) is 17.7. The molecule has 0 bridgehead atoms. The predicted octanol–water partition coefficient (Wildman–Crippen LogP) is 6.21. The van der Waals surface area contributed by atoms with Crippen LogP contribution < -0.4 is 0 Å². The van der Waals surface area contributed by atoms with Crippen LogP contribution in [0.2, 0.25) is 0 Å². The molecule has 0 aliphatic rings. The molecule has 0 saturated carbocycles. The molecule has 4 heteroatoms. The van der Waals surface area contributed by atoms with Crippen LogP contribution in [-0.4, -0.2) is 25.2 Å². The Bertz CT molecular complexity index is 361. The topological polar surface area (TPSA) is 52.6 Å². The molecule has 26 heavy (non-hydrogen) atoms. The molecule has 0 heterocycles. The fourth-order valence-electron chi connectivity index (χ4n) is 3.07. The second-order valence-corrected chi connectivity index (χ2v) is 7.24. The number of ether oxygens (including phenoxy) is 2. The summed E-state index contributed by atoms with van der Waals surface area (Å²) in [5.41, 5.74) is -1.13.